The zero-order valence-corrected chi connectivity index (χ0v) is 12.4. The lowest BCUT2D eigenvalue weighted by atomic mass is 10.5. The summed E-state index contributed by atoms with van der Waals surface area (Å²) in [5.41, 5.74) is 0. The van der Waals surface area contributed by atoms with Gasteiger partial charge in [-0.25, -0.2) is 0 Å². The number of thiophene rings is 1. The van der Waals surface area contributed by atoms with Crippen molar-refractivity contribution in [3.63, 3.8) is 0 Å². The maximum absolute atomic E-state index is 5.59. The van der Waals surface area contributed by atoms with E-state index in [1.54, 1.807) is 11.3 Å². The summed E-state index contributed by atoms with van der Waals surface area (Å²) in [4.78, 5) is 13.6. The Labute approximate surface area is 122 Å². The molecule has 2 heterocycles. The summed E-state index contributed by atoms with van der Waals surface area (Å²) in [5, 5.41) is 5.11. The largest absolute Gasteiger partial charge is 0.464 e. The zero-order valence-electron chi connectivity index (χ0n) is 11.6. The van der Waals surface area contributed by atoms with Crippen LogP contribution in [0, 0.1) is 0 Å². The van der Waals surface area contributed by atoms with Crippen molar-refractivity contribution in [2.24, 2.45) is 0 Å². The summed E-state index contributed by atoms with van der Waals surface area (Å²) in [5.74, 6) is 0.478. The van der Waals surface area contributed by atoms with E-state index in [0.717, 1.165) is 17.8 Å². The molecule has 2 rings (SSSR count). The highest BCUT2D eigenvalue weighted by atomic mass is 32.1. The average molecular weight is 294 g/mol. The second-order valence-electron chi connectivity index (χ2n) is 3.95. The lowest BCUT2D eigenvalue weighted by Gasteiger charge is -2.08. The fourth-order valence-electron chi connectivity index (χ4n) is 1.44. The molecule has 108 valence electrons. The molecule has 6 nitrogen and oxygen atoms in total. The van der Waals surface area contributed by atoms with Crippen LogP contribution in [0.5, 0.6) is 12.0 Å². The summed E-state index contributed by atoms with van der Waals surface area (Å²) in [6.45, 7) is 5.70. The van der Waals surface area contributed by atoms with Crippen LogP contribution in [0.1, 0.15) is 25.1 Å². The number of ether oxygens (including phenoxy) is 2. The molecule has 0 aromatic carbocycles. The van der Waals surface area contributed by atoms with Gasteiger partial charge in [0, 0.05) is 11.4 Å². The number of hydrogen-bond acceptors (Lipinski definition) is 7. The number of nitrogens with zero attached hydrogens (tertiary/aromatic N) is 3. The van der Waals surface area contributed by atoms with Crippen molar-refractivity contribution < 1.29 is 9.47 Å². The molecule has 7 heteroatoms. The second kappa shape index (κ2) is 7.64. The van der Waals surface area contributed by atoms with Gasteiger partial charge < -0.3 is 14.8 Å². The Bertz CT molecular complexity index is 519. The van der Waals surface area contributed by atoms with Gasteiger partial charge in [-0.2, -0.15) is 9.97 Å². The molecule has 0 spiro atoms. The van der Waals surface area contributed by atoms with Crippen LogP contribution < -0.4 is 14.8 Å². The van der Waals surface area contributed by atoms with Gasteiger partial charge in [0.15, 0.2) is 0 Å². The standard InChI is InChI=1S/C13H18N4O2S/c1-3-7-14-11-15-12(18-4-2)17-13(16-11)19-9-10-6-5-8-20-10/h5-6,8H,3-4,7,9H2,1-2H3,(H,14,15,16,17). The van der Waals surface area contributed by atoms with E-state index in [-0.39, 0.29) is 12.0 Å². The summed E-state index contributed by atoms with van der Waals surface area (Å²) in [7, 11) is 0. The zero-order chi connectivity index (χ0) is 14.2. The predicted molar refractivity (Wildman–Crippen MR) is 78.4 cm³/mol. The van der Waals surface area contributed by atoms with Crippen LogP contribution >= 0.6 is 11.3 Å². The van der Waals surface area contributed by atoms with Gasteiger partial charge in [0.05, 0.1) is 6.61 Å². The van der Waals surface area contributed by atoms with Crippen molar-refractivity contribution in [3.8, 4) is 12.0 Å². The fourth-order valence-corrected chi connectivity index (χ4v) is 2.06. The van der Waals surface area contributed by atoms with Crippen molar-refractivity contribution in [2.45, 2.75) is 26.9 Å². The third kappa shape index (κ3) is 4.34. The Morgan fingerprint density at radius 3 is 2.60 bits per heavy atom. The highest BCUT2D eigenvalue weighted by Gasteiger charge is 2.08. The number of hydrogen-bond donors (Lipinski definition) is 1. The van der Waals surface area contributed by atoms with E-state index in [2.05, 4.69) is 27.2 Å². The Balaban J connectivity index is 2.06. The van der Waals surface area contributed by atoms with E-state index < -0.39 is 0 Å². The molecule has 0 aliphatic rings. The molecule has 0 fully saturated rings. The molecule has 2 aromatic heterocycles. The Morgan fingerprint density at radius 2 is 1.95 bits per heavy atom. The smallest absolute Gasteiger partial charge is 0.324 e. The summed E-state index contributed by atoms with van der Waals surface area (Å²) < 4.78 is 10.9. The first-order valence-electron chi connectivity index (χ1n) is 6.59. The van der Waals surface area contributed by atoms with Crippen molar-refractivity contribution in [3.05, 3.63) is 22.4 Å². The minimum Gasteiger partial charge on any atom is -0.464 e. The summed E-state index contributed by atoms with van der Waals surface area (Å²) >= 11 is 1.63. The monoisotopic (exact) mass is 294 g/mol. The van der Waals surface area contributed by atoms with Crippen molar-refractivity contribution in [1.29, 1.82) is 0 Å². The first-order valence-corrected chi connectivity index (χ1v) is 7.47. The van der Waals surface area contributed by atoms with Crippen LogP contribution in [0.15, 0.2) is 17.5 Å². The average Bonchev–Trinajstić information content (AvgIpc) is 2.96. The lowest BCUT2D eigenvalue weighted by molar-refractivity contribution is 0.264. The van der Waals surface area contributed by atoms with E-state index >= 15 is 0 Å². The Kier molecular flexibility index (Phi) is 5.55. The highest BCUT2D eigenvalue weighted by Crippen LogP contribution is 2.16. The van der Waals surface area contributed by atoms with E-state index in [9.17, 15) is 0 Å². The number of aromatic nitrogens is 3. The van der Waals surface area contributed by atoms with Crippen LogP contribution in [0.4, 0.5) is 5.95 Å². The van der Waals surface area contributed by atoms with Crippen molar-refractivity contribution in [1.82, 2.24) is 15.0 Å². The maximum atomic E-state index is 5.59. The first-order chi connectivity index (χ1) is 9.81. The molecule has 0 unspecified atom stereocenters. The van der Waals surface area contributed by atoms with Gasteiger partial charge in [0.1, 0.15) is 6.61 Å². The molecule has 20 heavy (non-hydrogen) atoms. The minimum absolute atomic E-state index is 0.274. The van der Waals surface area contributed by atoms with E-state index in [4.69, 9.17) is 9.47 Å². The van der Waals surface area contributed by atoms with Gasteiger partial charge in [0.2, 0.25) is 5.95 Å². The van der Waals surface area contributed by atoms with Crippen molar-refractivity contribution >= 4 is 17.3 Å². The normalized spacial score (nSPS) is 10.3. The molecular weight excluding hydrogens is 276 g/mol. The number of anilines is 1. The van der Waals surface area contributed by atoms with Crippen LogP contribution in [0.3, 0.4) is 0 Å². The fraction of sp³-hybridized carbons (Fsp3) is 0.462. The van der Waals surface area contributed by atoms with Gasteiger partial charge in [-0.3, -0.25) is 0 Å². The molecule has 0 bridgehead atoms. The molecule has 0 saturated heterocycles. The van der Waals surface area contributed by atoms with Crippen LogP contribution in [0.2, 0.25) is 0 Å². The molecule has 0 atom stereocenters. The first kappa shape index (κ1) is 14.5. The molecule has 0 saturated carbocycles. The highest BCUT2D eigenvalue weighted by molar-refractivity contribution is 7.09. The second-order valence-corrected chi connectivity index (χ2v) is 4.98. The lowest BCUT2D eigenvalue weighted by Crippen LogP contribution is -2.09. The molecule has 1 N–H and O–H groups in total. The topological polar surface area (TPSA) is 69.2 Å². The van der Waals surface area contributed by atoms with Crippen molar-refractivity contribution in [2.75, 3.05) is 18.5 Å². The summed E-state index contributed by atoms with van der Waals surface area (Å²) in [6, 6.07) is 4.54. The molecule has 2 aromatic rings. The Morgan fingerprint density at radius 1 is 1.15 bits per heavy atom. The maximum Gasteiger partial charge on any atom is 0.324 e. The van der Waals surface area contributed by atoms with Gasteiger partial charge >= 0.3 is 12.0 Å². The number of rotatable bonds is 8. The third-order valence-corrected chi connectivity index (χ3v) is 3.17. The molecule has 0 radical (unpaired) electrons. The molecule has 0 aliphatic carbocycles. The number of nitrogens with one attached hydrogen (secondary N) is 1. The molecular formula is C13H18N4O2S. The van der Waals surface area contributed by atoms with Crippen LogP contribution in [-0.4, -0.2) is 28.1 Å². The van der Waals surface area contributed by atoms with Gasteiger partial charge in [-0.15, -0.1) is 16.3 Å². The quantitative estimate of drug-likeness (QED) is 0.807. The SMILES string of the molecule is CCCNc1nc(OCC)nc(OCc2cccs2)n1. The van der Waals surface area contributed by atoms with E-state index in [1.165, 1.54) is 0 Å². The molecule has 0 amide bonds. The van der Waals surface area contributed by atoms with Crippen LogP contribution in [-0.2, 0) is 6.61 Å². The van der Waals surface area contributed by atoms with Crippen LogP contribution in [0.25, 0.3) is 0 Å². The van der Waals surface area contributed by atoms with E-state index in [1.807, 2.05) is 24.4 Å². The summed E-state index contributed by atoms with van der Waals surface area (Å²) in [6.07, 6.45) is 0.987. The minimum atomic E-state index is 0.274. The van der Waals surface area contributed by atoms with Gasteiger partial charge in [-0.05, 0) is 24.8 Å². The van der Waals surface area contributed by atoms with E-state index in [0.29, 0.717) is 19.2 Å². The third-order valence-electron chi connectivity index (χ3n) is 2.32. The predicted octanol–water partition coefficient (Wildman–Crippen LogP) is 2.73. The van der Waals surface area contributed by atoms with Gasteiger partial charge in [-0.1, -0.05) is 13.0 Å². The molecule has 0 aliphatic heterocycles. The Hall–Kier alpha value is -1.89. The van der Waals surface area contributed by atoms with Gasteiger partial charge in [0.25, 0.3) is 0 Å².